The summed E-state index contributed by atoms with van der Waals surface area (Å²) < 4.78 is 11.1. The van der Waals surface area contributed by atoms with Crippen LogP contribution >= 0.6 is 0 Å². The van der Waals surface area contributed by atoms with Gasteiger partial charge >= 0.3 is 0 Å². The van der Waals surface area contributed by atoms with Gasteiger partial charge in [0.15, 0.2) is 11.5 Å². The Balaban J connectivity index is 2.11. The molecule has 2 N–H and O–H groups in total. The molecule has 0 bridgehead atoms. The second-order valence-corrected chi connectivity index (χ2v) is 4.65. The van der Waals surface area contributed by atoms with Crippen molar-refractivity contribution in [1.29, 1.82) is 5.26 Å². The minimum atomic E-state index is -0.313. The van der Waals surface area contributed by atoms with E-state index < -0.39 is 0 Å². The maximum absolute atomic E-state index is 8.70. The van der Waals surface area contributed by atoms with Crippen LogP contribution in [0.1, 0.15) is 23.6 Å². The zero-order valence-electron chi connectivity index (χ0n) is 12.0. The molecule has 0 spiro atoms. The monoisotopic (exact) mass is 282 g/mol. The highest BCUT2D eigenvalue weighted by atomic mass is 16.5. The second kappa shape index (κ2) is 7.32. The molecular formula is C17H18N2O2. The molecule has 0 amide bonds. The molecular weight excluding hydrogens is 264 g/mol. The van der Waals surface area contributed by atoms with Gasteiger partial charge in [-0.3, -0.25) is 0 Å². The third-order valence-corrected chi connectivity index (χ3v) is 3.16. The summed E-state index contributed by atoms with van der Waals surface area (Å²) in [5.41, 5.74) is 7.87. The van der Waals surface area contributed by atoms with Crippen LogP contribution in [-0.2, 0) is 6.61 Å². The van der Waals surface area contributed by atoms with Gasteiger partial charge in [-0.15, -0.1) is 0 Å². The van der Waals surface area contributed by atoms with Crippen molar-refractivity contribution in [3.05, 3.63) is 59.7 Å². The van der Waals surface area contributed by atoms with E-state index in [0.29, 0.717) is 18.1 Å². The van der Waals surface area contributed by atoms with Crippen LogP contribution in [0.25, 0.3) is 0 Å². The molecule has 2 aromatic carbocycles. The van der Waals surface area contributed by atoms with Gasteiger partial charge in [-0.2, -0.15) is 5.26 Å². The lowest BCUT2D eigenvalue weighted by atomic mass is 10.0. The molecule has 0 aliphatic carbocycles. The second-order valence-electron chi connectivity index (χ2n) is 4.65. The molecule has 0 aliphatic rings. The summed E-state index contributed by atoms with van der Waals surface area (Å²) >= 11 is 0. The predicted octanol–water partition coefficient (Wildman–Crippen LogP) is 3.19. The standard InChI is InChI=1S/C17H18N2O2/c1-20-17-11-14(15(19)9-10-18)7-8-16(17)21-12-13-5-3-2-4-6-13/h2-8,11,15H,9,12,19H2,1H3. The Hall–Kier alpha value is -2.51. The van der Waals surface area contributed by atoms with Gasteiger partial charge < -0.3 is 15.2 Å². The quantitative estimate of drug-likeness (QED) is 0.883. The van der Waals surface area contributed by atoms with Gasteiger partial charge in [0.05, 0.1) is 19.6 Å². The van der Waals surface area contributed by atoms with Gasteiger partial charge in [-0.25, -0.2) is 0 Å². The molecule has 108 valence electrons. The molecule has 2 rings (SSSR count). The van der Waals surface area contributed by atoms with E-state index in [2.05, 4.69) is 6.07 Å². The number of hydrogen-bond donors (Lipinski definition) is 1. The Morgan fingerprint density at radius 3 is 2.57 bits per heavy atom. The molecule has 21 heavy (non-hydrogen) atoms. The molecule has 0 fully saturated rings. The Bertz CT molecular complexity index is 620. The Morgan fingerprint density at radius 2 is 1.90 bits per heavy atom. The van der Waals surface area contributed by atoms with Crippen molar-refractivity contribution < 1.29 is 9.47 Å². The highest BCUT2D eigenvalue weighted by Crippen LogP contribution is 2.31. The van der Waals surface area contributed by atoms with Crippen LogP contribution in [-0.4, -0.2) is 7.11 Å². The number of ether oxygens (including phenoxy) is 2. The number of rotatable bonds is 6. The van der Waals surface area contributed by atoms with E-state index in [1.165, 1.54) is 0 Å². The first kappa shape index (κ1) is 14.9. The summed E-state index contributed by atoms with van der Waals surface area (Å²) in [5, 5.41) is 8.70. The number of nitrogens with zero attached hydrogens (tertiary/aromatic N) is 1. The van der Waals surface area contributed by atoms with Crippen LogP contribution < -0.4 is 15.2 Å². The lowest BCUT2D eigenvalue weighted by Crippen LogP contribution is -2.09. The van der Waals surface area contributed by atoms with E-state index in [1.54, 1.807) is 7.11 Å². The highest BCUT2D eigenvalue weighted by Gasteiger charge is 2.11. The van der Waals surface area contributed by atoms with E-state index in [4.69, 9.17) is 20.5 Å². The van der Waals surface area contributed by atoms with Crippen LogP contribution in [0.5, 0.6) is 11.5 Å². The maximum Gasteiger partial charge on any atom is 0.161 e. The van der Waals surface area contributed by atoms with Crippen LogP contribution in [0.2, 0.25) is 0 Å². The van der Waals surface area contributed by atoms with Crippen LogP contribution in [0, 0.1) is 11.3 Å². The topological polar surface area (TPSA) is 68.3 Å². The van der Waals surface area contributed by atoms with Crippen molar-refractivity contribution in [2.75, 3.05) is 7.11 Å². The third kappa shape index (κ3) is 3.98. The predicted molar refractivity (Wildman–Crippen MR) is 80.9 cm³/mol. The fraction of sp³-hybridized carbons (Fsp3) is 0.235. The van der Waals surface area contributed by atoms with E-state index in [1.807, 2.05) is 48.5 Å². The van der Waals surface area contributed by atoms with Crippen molar-refractivity contribution in [3.8, 4) is 17.6 Å². The molecule has 4 nitrogen and oxygen atoms in total. The number of methoxy groups -OCH3 is 1. The zero-order valence-corrected chi connectivity index (χ0v) is 12.0. The first-order valence-corrected chi connectivity index (χ1v) is 6.71. The molecule has 0 saturated heterocycles. The molecule has 0 aliphatic heterocycles. The summed E-state index contributed by atoms with van der Waals surface area (Å²) in [5.74, 6) is 1.28. The molecule has 2 aromatic rings. The van der Waals surface area contributed by atoms with E-state index >= 15 is 0 Å². The van der Waals surface area contributed by atoms with Gasteiger partial charge in [0.1, 0.15) is 6.61 Å². The lowest BCUT2D eigenvalue weighted by Gasteiger charge is -2.14. The van der Waals surface area contributed by atoms with Crippen molar-refractivity contribution in [2.24, 2.45) is 5.73 Å². The summed E-state index contributed by atoms with van der Waals surface area (Å²) in [4.78, 5) is 0. The van der Waals surface area contributed by atoms with Gasteiger partial charge in [-0.05, 0) is 23.3 Å². The van der Waals surface area contributed by atoms with Crippen LogP contribution in [0.15, 0.2) is 48.5 Å². The zero-order chi connectivity index (χ0) is 15.1. The molecule has 0 aromatic heterocycles. The summed E-state index contributed by atoms with van der Waals surface area (Å²) in [6.07, 6.45) is 0.271. The Kier molecular flexibility index (Phi) is 5.19. The maximum atomic E-state index is 8.70. The van der Waals surface area contributed by atoms with Gasteiger partial charge in [0, 0.05) is 6.04 Å². The summed E-state index contributed by atoms with van der Waals surface area (Å²) in [6.45, 7) is 0.473. The summed E-state index contributed by atoms with van der Waals surface area (Å²) in [6, 6.07) is 17.2. The molecule has 4 heteroatoms. The minimum absolute atomic E-state index is 0.271. The number of nitrogens with two attached hydrogens (primary N) is 1. The van der Waals surface area contributed by atoms with Crippen molar-refractivity contribution >= 4 is 0 Å². The largest absolute Gasteiger partial charge is 0.493 e. The number of nitriles is 1. The molecule has 1 unspecified atom stereocenters. The lowest BCUT2D eigenvalue weighted by molar-refractivity contribution is 0.284. The SMILES string of the molecule is COc1cc(C(N)CC#N)ccc1OCc1ccccc1. The van der Waals surface area contributed by atoms with E-state index in [-0.39, 0.29) is 12.5 Å². The minimum Gasteiger partial charge on any atom is -0.493 e. The van der Waals surface area contributed by atoms with Crippen molar-refractivity contribution in [2.45, 2.75) is 19.1 Å². The van der Waals surface area contributed by atoms with Gasteiger partial charge in [-0.1, -0.05) is 36.4 Å². The number of benzene rings is 2. The molecule has 1 atom stereocenters. The fourth-order valence-electron chi connectivity index (χ4n) is 1.99. The first-order valence-electron chi connectivity index (χ1n) is 6.71. The van der Waals surface area contributed by atoms with Crippen molar-refractivity contribution in [1.82, 2.24) is 0 Å². The third-order valence-electron chi connectivity index (χ3n) is 3.16. The van der Waals surface area contributed by atoms with E-state index in [9.17, 15) is 0 Å². The number of hydrogen-bond acceptors (Lipinski definition) is 4. The molecule has 0 heterocycles. The molecule has 0 saturated carbocycles. The smallest absolute Gasteiger partial charge is 0.161 e. The first-order chi connectivity index (χ1) is 10.2. The molecule has 0 radical (unpaired) electrons. The Labute approximate surface area is 124 Å². The van der Waals surface area contributed by atoms with Gasteiger partial charge in [0.25, 0.3) is 0 Å². The van der Waals surface area contributed by atoms with E-state index in [0.717, 1.165) is 11.1 Å². The van der Waals surface area contributed by atoms with Gasteiger partial charge in [0.2, 0.25) is 0 Å². The highest BCUT2D eigenvalue weighted by molar-refractivity contribution is 5.44. The average molecular weight is 282 g/mol. The van der Waals surface area contributed by atoms with Crippen LogP contribution in [0.4, 0.5) is 0 Å². The van der Waals surface area contributed by atoms with Crippen molar-refractivity contribution in [3.63, 3.8) is 0 Å². The van der Waals surface area contributed by atoms with Crippen LogP contribution in [0.3, 0.4) is 0 Å². The Morgan fingerprint density at radius 1 is 1.14 bits per heavy atom. The average Bonchev–Trinajstić information content (AvgIpc) is 2.54. The fourth-order valence-corrected chi connectivity index (χ4v) is 1.99. The normalized spacial score (nSPS) is 11.5. The summed E-state index contributed by atoms with van der Waals surface area (Å²) in [7, 11) is 1.59.